The molecule has 3 heterocycles. The lowest BCUT2D eigenvalue weighted by atomic mass is 9.98. The Balaban J connectivity index is 1.41. The molecule has 12 heteroatoms. The fraction of sp³-hybridized carbons (Fsp3) is 0.219. The van der Waals surface area contributed by atoms with Gasteiger partial charge in [-0.15, -0.1) is 0 Å². The highest BCUT2D eigenvalue weighted by molar-refractivity contribution is 6.42. The average molecular weight is 631 g/mol. The highest BCUT2D eigenvalue weighted by Crippen LogP contribution is 2.29. The van der Waals surface area contributed by atoms with Gasteiger partial charge in [0.1, 0.15) is 0 Å². The van der Waals surface area contributed by atoms with Gasteiger partial charge in [0.05, 0.1) is 51.4 Å². The first-order valence-electron chi connectivity index (χ1n) is 14.1. The van der Waals surface area contributed by atoms with E-state index < -0.39 is 0 Å². The van der Waals surface area contributed by atoms with Gasteiger partial charge in [0.2, 0.25) is 5.95 Å². The topological polar surface area (TPSA) is 125 Å². The van der Waals surface area contributed by atoms with Gasteiger partial charge in [0, 0.05) is 29.8 Å². The SMILES string of the molecule is CNC(=O)c1ccc(-n2c(N[C@@H](C)c3ccc4nc[nH]c4c3)nc3c(c2=O)C[C@@H](C)N(C(=O)c2ccc(Cl)c(Cl)c2)C3)cc1. The maximum absolute atomic E-state index is 14.2. The Hall–Kier alpha value is -4.67. The van der Waals surface area contributed by atoms with Crippen LogP contribution in [0.15, 0.2) is 71.8 Å². The van der Waals surface area contributed by atoms with Crippen molar-refractivity contribution in [2.75, 3.05) is 12.4 Å². The molecule has 44 heavy (non-hydrogen) atoms. The average Bonchev–Trinajstić information content (AvgIpc) is 3.50. The number of aromatic nitrogens is 4. The van der Waals surface area contributed by atoms with Crippen molar-refractivity contribution in [3.8, 4) is 5.69 Å². The number of carbonyl (C=O) groups excluding carboxylic acids is 2. The van der Waals surface area contributed by atoms with Gasteiger partial charge in [-0.2, -0.15) is 0 Å². The molecule has 2 atom stereocenters. The minimum atomic E-state index is -0.276. The minimum absolute atomic E-state index is 0.143. The van der Waals surface area contributed by atoms with E-state index in [0.717, 1.165) is 16.6 Å². The second kappa shape index (κ2) is 11.8. The number of carbonyl (C=O) groups is 2. The molecule has 10 nitrogen and oxygen atoms in total. The summed E-state index contributed by atoms with van der Waals surface area (Å²) in [5, 5.41) is 6.69. The summed E-state index contributed by atoms with van der Waals surface area (Å²) in [6, 6.07) is 16.9. The zero-order chi connectivity index (χ0) is 31.1. The monoisotopic (exact) mass is 629 g/mol. The summed E-state index contributed by atoms with van der Waals surface area (Å²) < 4.78 is 1.53. The molecule has 0 spiro atoms. The Morgan fingerprint density at radius 2 is 1.77 bits per heavy atom. The maximum atomic E-state index is 14.2. The van der Waals surface area contributed by atoms with Crippen LogP contribution in [-0.2, 0) is 13.0 Å². The summed E-state index contributed by atoms with van der Waals surface area (Å²) in [6.45, 7) is 4.02. The van der Waals surface area contributed by atoms with Crippen LogP contribution in [0.2, 0.25) is 10.0 Å². The van der Waals surface area contributed by atoms with Crippen LogP contribution in [0, 0.1) is 0 Å². The molecule has 2 amide bonds. The maximum Gasteiger partial charge on any atom is 0.263 e. The van der Waals surface area contributed by atoms with Gasteiger partial charge < -0.3 is 20.5 Å². The van der Waals surface area contributed by atoms with E-state index in [1.165, 1.54) is 4.57 Å². The van der Waals surface area contributed by atoms with Crippen LogP contribution < -0.4 is 16.2 Å². The molecular formula is C32H29Cl2N7O3. The first-order valence-corrected chi connectivity index (χ1v) is 14.8. The van der Waals surface area contributed by atoms with Crippen molar-refractivity contribution in [3.63, 3.8) is 0 Å². The van der Waals surface area contributed by atoms with Crippen molar-refractivity contribution in [2.45, 2.75) is 38.9 Å². The fourth-order valence-corrected chi connectivity index (χ4v) is 5.77. The molecule has 3 N–H and O–H groups in total. The molecule has 3 aromatic carbocycles. The minimum Gasteiger partial charge on any atom is -0.355 e. The standard InChI is InChI=1S/C32H29Cl2N7O3/c1-17-12-23-28(15-40(17)30(43)21-6-10-24(33)25(34)13-21)39-32(38-18(2)20-7-11-26-27(14-20)37-16-36-26)41(31(23)44)22-8-4-19(5-9-22)29(42)35-3/h4-11,13-14,16-18H,12,15H2,1-3H3,(H,35,42)(H,36,37)(H,38,39)/t17-,18+/m1/s1. The molecule has 0 bridgehead atoms. The van der Waals surface area contributed by atoms with Crippen LogP contribution >= 0.6 is 23.2 Å². The molecule has 224 valence electrons. The Bertz CT molecular complexity index is 1970. The van der Waals surface area contributed by atoms with Crippen LogP contribution in [0.25, 0.3) is 16.7 Å². The first-order chi connectivity index (χ1) is 21.1. The summed E-state index contributed by atoms with van der Waals surface area (Å²) in [4.78, 5) is 54.0. The van der Waals surface area contributed by atoms with Crippen molar-refractivity contribution in [3.05, 3.63) is 115 Å². The van der Waals surface area contributed by atoms with E-state index >= 15 is 0 Å². The molecule has 1 aliphatic rings. The van der Waals surface area contributed by atoms with Crippen molar-refractivity contribution < 1.29 is 9.59 Å². The van der Waals surface area contributed by atoms with Gasteiger partial charge in [0.25, 0.3) is 17.4 Å². The number of fused-ring (bicyclic) bond motifs is 2. The second-order valence-electron chi connectivity index (χ2n) is 10.8. The van der Waals surface area contributed by atoms with Gasteiger partial charge in [-0.1, -0.05) is 29.3 Å². The van der Waals surface area contributed by atoms with Crippen LogP contribution in [0.3, 0.4) is 0 Å². The summed E-state index contributed by atoms with van der Waals surface area (Å²) in [6.07, 6.45) is 1.96. The number of nitrogens with zero attached hydrogens (tertiary/aromatic N) is 4. The van der Waals surface area contributed by atoms with E-state index in [0.29, 0.717) is 50.5 Å². The normalized spacial score (nSPS) is 15.1. The zero-order valence-electron chi connectivity index (χ0n) is 24.2. The highest BCUT2D eigenvalue weighted by Gasteiger charge is 2.32. The molecule has 6 rings (SSSR count). The van der Waals surface area contributed by atoms with Crippen LogP contribution in [0.4, 0.5) is 5.95 Å². The van der Waals surface area contributed by atoms with Crippen molar-refractivity contribution in [1.29, 1.82) is 0 Å². The van der Waals surface area contributed by atoms with Crippen molar-refractivity contribution in [1.82, 2.24) is 29.7 Å². The molecule has 0 unspecified atom stereocenters. The zero-order valence-corrected chi connectivity index (χ0v) is 25.7. The summed E-state index contributed by atoms with van der Waals surface area (Å²) >= 11 is 12.3. The molecule has 0 saturated carbocycles. The predicted molar refractivity (Wildman–Crippen MR) is 171 cm³/mol. The van der Waals surface area contributed by atoms with Gasteiger partial charge in [0.15, 0.2) is 0 Å². The Labute approximate surface area is 263 Å². The number of aromatic amines is 1. The fourth-order valence-electron chi connectivity index (χ4n) is 5.47. The summed E-state index contributed by atoms with van der Waals surface area (Å²) in [7, 11) is 1.56. The predicted octanol–water partition coefficient (Wildman–Crippen LogP) is 5.54. The van der Waals surface area contributed by atoms with Crippen molar-refractivity contribution in [2.24, 2.45) is 0 Å². The number of benzene rings is 3. The third kappa shape index (κ3) is 5.42. The molecule has 0 fully saturated rings. The Kier molecular flexibility index (Phi) is 7.87. The number of rotatable bonds is 6. The lowest BCUT2D eigenvalue weighted by molar-refractivity contribution is 0.0653. The highest BCUT2D eigenvalue weighted by atomic mass is 35.5. The van der Waals surface area contributed by atoms with E-state index in [1.807, 2.05) is 32.0 Å². The lowest BCUT2D eigenvalue weighted by Crippen LogP contribution is -2.46. The molecule has 0 aliphatic carbocycles. The first kappa shape index (κ1) is 29.4. The third-order valence-corrected chi connectivity index (χ3v) is 8.69. The molecule has 2 aromatic heterocycles. The number of anilines is 1. The summed E-state index contributed by atoms with van der Waals surface area (Å²) in [5.74, 6) is -0.141. The van der Waals surface area contributed by atoms with E-state index in [2.05, 4.69) is 20.6 Å². The van der Waals surface area contributed by atoms with E-state index in [-0.39, 0.29) is 36.0 Å². The number of halogens is 2. The van der Waals surface area contributed by atoms with Crippen LogP contribution in [0.5, 0.6) is 0 Å². The molecule has 0 saturated heterocycles. The molecule has 1 aliphatic heterocycles. The number of imidazole rings is 1. The number of H-pyrrole nitrogens is 1. The van der Waals surface area contributed by atoms with Crippen LogP contribution in [0.1, 0.15) is 57.4 Å². The molecular weight excluding hydrogens is 601 g/mol. The van der Waals surface area contributed by atoms with Crippen LogP contribution in [-0.4, -0.2) is 49.3 Å². The van der Waals surface area contributed by atoms with E-state index in [9.17, 15) is 14.4 Å². The Morgan fingerprint density at radius 3 is 2.50 bits per heavy atom. The number of nitrogens with one attached hydrogen (secondary N) is 3. The van der Waals surface area contributed by atoms with E-state index in [4.69, 9.17) is 28.2 Å². The number of amides is 2. The smallest absolute Gasteiger partial charge is 0.263 e. The number of hydrogen-bond donors (Lipinski definition) is 3. The van der Waals surface area contributed by atoms with Crippen molar-refractivity contribution >= 4 is 52.0 Å². The largest absolute Gasteiger partial charge is 0.355 e. The Morgan fingerprint density at radius 1 is 1.02 bits per heavy atom. The van der Waals surface area contributed by atoms with Gasteiger partial charge in [-0.05, 0) is 80.4 Å². The number of hydrogen-bond acceptors (Lipinski definition) is 6. The van der Waals surface area contributed by atoms with Gasteiger partial charge in [-0.25, -0.2) is 14.5 Å². The summed E-state index contributed by atoms with van der Waals surface area (Å²) in [5.41, 5.74) is 4.93. The third-order valence-electron chi connectivity index (χ3n) is 7.95. The van der Waals surface area contributed by atoms with Gasteiger partial charge in [-0.3, -0.25) is 14.4 Å². The second-order valence-corrected chi connectivity index (χ2v) is 11.6. The van der Waals surface area contributed by atoms with E-state index in [1.54, 1.807) is 60.7 Å². The molecule has 0 radical (unpaired) electrons. The molecule has 5 aromatic rings. The van der Waals surface area contributed by atoms with Gasteiger partial charge >= 0.3 is 0 Å². The quantitative estimate of drug-likeness (QED) is 0.227. The lowest BCUT2D eigenvalue weighted by Gasteiger charge is -2.35.